The van der Waals surface area contributed by atoms with E-state index in [-0.39, 0.29) is 13.4 Å². The van der Waals surface area contributed by atoms with Gasteiger partial charge in [-0.05, 0) is 43.3 Å². The van der Waals surface area contributed by atoms with E-state index < -0.39 is 11.8 Å². The molecule has 2 amide bonds. The lowest BCUT2D eigenvalue weighted by atomic mass is 10.1. The zero-order valence-corrected chi connectivity index (χ0v) is 15.1. The maximum Gasteiger partial charge on any atom is 0.279 e. The Hall–Kier alpha value is -3.26. The number of rotatable bonds is 5. The van der Waals surface area contributed by atoms with Gasteiger partial charge in [-0.15, -0.1) is 0 Å². The van der Waals surface area contributed by atoms with Crippen LogP contribution in [-0.2, 0) is 9.63 Å². The summed E-state index contributed by atoms with van der Waals surface area (Å²) in [4.78, 5) is 28.6. The second-order valence-corrected chi connectivity index (χ2v) is 5.97. The molecule has 1 aliphatic heterocycles. The van der Waals surface area contributed by atoms with E-state index in [0.29, 0.717) is 27.8 Å². The number of nitrogens with one attached hydrogen (secondary N) is 2. The number of oxime groups is 1. The Bertz CT molecular complexity index is 900. The maximum atomic E-state index is 11.9. The fourth-order valence-corrected chi connectivity index (χ4v) is 2.42. The minimum absolute atomic E-state index is 0.187. The Morgan fingerprint density at radius 3 is 2.74 bits per heavy atom. The summed E-state index contributed by atoms with van der Waals surface area (Å²) in [6.07, 6.45) is 0. The third-order valence-corrected chi connectivity index (χ3v) is 3.82. The van der Waals surface area contributed by atoms with Gasteiger partial charge < -0.3 is 14.3 Å². The molecule has 0 saturated heterocycles. The van der Waals surface area contributed by atoms with E-state index >= 15 is 0 Å². The third-order valence-electron chi connectivity index (χ3n) is 3.59. The molecular weight excluding hydrogens is 374 g/mol. The molecule has 27 heavy (non-hydrogen) atoms. The van der Waals surface area contributed by atoms with Crippen LogP contribution >= 0.6 is 11.6 Å². The summed E-state index contributed by atoms with van der Waals surface area (Å²) in [6.45, 7) is 1.56. The Balaban J connectivity index is 1.46. The van der Waals surface area contributed by atoms with E-state index in [2.05, 4.69) is 16.0 Å². The van der Waals surface area contributed by atoms with Gasteiger partial charge in [0.25, 0.3) is 11.8 Å². The molecule has 0 fully saturated rings. The van der Waals surface area contributed by atoms with Crippen molar-refractivity contribution in [2.24, 2.45) is 5.16 Å². The second kappa shape index (κ2) is 8.41. The van der Waals surface area contributed by atoms with Gasteiger partial charge in [0.2, 0.25) is 6.79 Å². The standard InChI is InChI=1S/C18H16ClN3O5/c1-11(12-5-6-15-16(8-12)26-10-25-15)22-27-9-17(23)20-21-18(24)13-3-2-4-14(19)7-13/h2-8H,9-10H2,1H3,(H,20,23)(H,21,24)/b22-11-. The van der Waals surface area contributed by atoms with Crippen LogP contribution in [0.1, 0.15) is 22.8 Å². The monoisotopic (exact) mass is 389 g/mol. The summed E-state index contributed by atoms with van der Waals surface area (Å²) in [5, 5.41) is 4.31. The number of carbonyl (C=O) groups excluding carboxylic acids is 2. The summed E-state index contributed by atoms with van der Waals surface area (Å²) in [6, 6.07) is 11.7. The van der Waals surface area contributed by atoms with Crippen molar-refractivity contribution in [1.29, 1.82) is 0 Å². The Labute approximate surface area is 160 Å². The molecule has 2 N–H and O–H groups in total. The van der Waals surface area contributed by atoms with Gasteiger partial charge in [0.1, 0.15) is 0 Å². The van der Waals surface area contributed by atoms with Gasteiger partial charge in [-0.1, -0.05) is 22.8 Å². The van der Waals surface area contributed by atoms with Crippen molar-refractivity contribution in [3.63, 3.8) is 0 Å². The summed E-state index contributed by atoms with van der Waals surface area (Å²) >= 11 is 5.81. The number of hydrogen-bond acceptors (Lipinski definition) is 6. The summed E-state index contributed by atoms with van der Waals surface area (Å²) in [7, 11) is 0. The number of amides is 2. The first-order chi connectivity index (χ1) is 13.0. The highest BCUT2D eigenvalue weighted by Gasteiger charge is 2.14. The Kier molecular flexibility index (Phi) is 5.77. The Morgan fingerprint density at radius 2 is 1.93 bits per heavy atom. The molecular formula is C18H16ClN3O5. The van der Waals surface area contributed by atoms with E-state index in [0.717, 1.165) is 5.56 Å². The molecule has 1 aliphatic rings. The smallest absolute Gasteiger partial charge is 0.279 e. The van der Waals surface area contributed by atoms with E-state index in [9.17, 15) is 9.59 Å². The van der Waals surface area contributed by atoms with Gasteiger partial charge >= 0.3 is 0 Å². The first-order valence-corrected chi connectivity index (χ1v) is 8.32. The van der Waals surface area contributed by atoms with Crippen molar-refractivity contribution < 1.29 is 23.9 Å². The van der Waals surface area contributed by atoms with Crippen molar-refractivity contribution in [2.45, 2.75) is 6.92 Å². The summed E-state index contributed by atoms with van der Waals surface area (Å²) in [5.41, 5.74) is 6.15. The minimum atomic E-state index is -0.562. The number of benzene rings is 2. The highest BCUT2D eigenvalue weighted by atomic mass is 35.5. The lowest BCUT2D eigenvalue weighted by Gasteiger charge is -2.07. The summed E-state index contributed by atoms with van der Waals surface area (Å²) < 4.78 is 10.5. The predicted octanol–water partition coefficient (Wildman–Crippen LogP) is 2.27. The molecule has 140 valence electrons. The largest absolute Gasteiger partial charge is 0.454 e. The van der Waals surface area contributed by atoms with Crippen LogP contribution < -0.4 is 20.3 Å². The number of hydrogen-bond donors (Lipinski definition) is 2. The van der Waals surface area contributed by atoms with Crippen LogP contribution in [0.2, 0.25) is 5.02 Å². The average molecular weight is 390 g/mol. The Morgan fingerprint density at radius 1 is 1.11 bits per heavy atom. The van der Waals surface area contributed by atoms with Crippen LogP contribution in [0, 0.1) is 0 Å². The van der Waals surface area contributed by atoms with Crippen LogP contribution in [0.3, 0.4) is 0 Å². The van der Waals surface area contributed by atoms with E-state index in [1.54, 1.807) is 43.3 Å². The molecule has 2 aromatic rings. The average Bonchev–Trinajstić information content (AvgIpc) is 3.13. The van der Waals surface area contributed by atoms with Crippen LogP contribution in [0.15, 0.2) is 47.6 Å². The van der Waals surface area contributed by atoms with Gasteiger partial charge in [-0.2, -0.15) is 0 Å². The minimum Gasteiger partial charge on any atom is -0.454 e. The molecule has 0 atom stereocenters. The number of hydrazine groups is 1. The molecule has 0 radical (unpaired) electrons. The molecule has 8 nitrogen and oxygen atoms in total. The molecule has 1 heterocycles. The third kappa shape index (κ3) is 4.89. The highest BCUT2D eigenvalue weighted by Crippen LogP contribution is 2.32. The molecule has 0 aliphatic carbocycles. The first kappa shape index (κ1) is 18.5. The van der Waals surface area contributed by atoms with Gasteiger partial charge in [0.05, 0.1) is 5.71 Å². The summed E-state index contributed by atoms with van der Waals surface area (Å²) in [5.74, 6) is 0.240. The molecule has 0 spiro atoms. The lowest BCUT2D eigenvalue weighted by Crippen LogP contribution is -2.43. The normalized spacial score (nSPS) is 12.4. The predicted molar refractivity (Wildman–Crippen MR) is 97.8 cm³/mol. The lowest BCUT2D eigenvalue weighted by molar-refractivity contribution is -0.126. The number of nitrogens with zero attached hydrogens (tertiary/aromatic N) is 1. The number of ether oxygens (including phenoxy) is 2. The van der Waals surface area contributed by atoms with E-state index in [4.69, 9.17) is 25.9 Å². The van der Waals surface area contributed by atoms with Gasteiger partial charge in [0.15, 0.2) is 18.1 Å². The zero-order chi connectivity index (χ0) is 19.2. The molecule has 0 aromatic heterocycles. The van der Waals surface area contributed by atoms with Crippen LogP contribution in [0.4, 0.5) is 0 Å². The van der Waals surface area contributed by atoms with Crippen molar-refractivity contribution >= 4 is 29.1 Å². The fourth-order valence-electron chi connectivity index (χ4n) is 2.23. The molecule has 0 unspecified atom stereocenters. The quantitative estimate of drug-likeness (QED) is 0.603. The maximum absolute atomic E-state index is 11.9. The van der Waals surface area contributed by atoms with Crippen LogP contribution in [0.5, 0.6) is 11.5 Å². The number of fused-ring (bicyclic) bond motifs is 1. The van der Waals surface area contributed by atoms with Gasteiger partial charge in [-0.3, -0.25) is 20.4 Å². The van der Waals surface area contributed by atoms with Gasteiger partial charge in [-0.25, -0.2) is 0 Å². The van der Waals surface area contributed by atoms with Crippen LogP contribution in [0.25, 0.3) is 0 Å². The van der Waals surface area contributed by atoms with E-state index in [1.807, 2.05) is 0 Å². The fraction of sp³-hybridized carbons (Fsp3) is 0.167. The SMILES string of the molecule is C/C(=N/OCC(=O)NNC(=O)c1cccc(Cl)c1)c1ccc2c(c1)OCO2. The molecule has 2 aromatic carbocycles. The molecule has 3 rings (SSSR count). The van der Waals surface area contributed by atoms with Crippen LogP contribution in [-0.4, -0.2) is 30.9 Å². The molecule has 0 bridgehead atoms. The van der Waals surface area contributed by atoms with Crippen molar-refractivity contribution in [2.75, 3.05) is 13.4 Å². The van der Waals surface area contributed by atoms with E-state index in [1.165, 1.54) is 6.07 Å². The van der Waals surface area contributed by atoms with Crippen molar-refractivity contribution in [3.8, 4) is 11.5 Å². The molecule has 9 heteroatoms. The second-order valence-electron chi connectivity index (χ2n) is 5.53. The first-order valence-electron chi connectivity index (χ1n) is 7.94. The van der Waals surface area contributed by atoms with Crippen molar-refractivity contribution in [1.82, 2.24) is 10.9 Å². The highest BCUT2D eigenvalue weighted by molar-refractivity contribution is 6.30. The van der Waals surface area contributed by atoms with Gasteiger partial charge in [0, 0.05) is 16.1 Å². The zero-order valence-electron chi connectivity index (χ0n) is 14.3. The molecule has 0 saturated carbocycles. The topological polar surface area (TPSA) is 98.2 Å². The number of carbonyl (C=O) groups is 2. The van der Waals surface area contributed by atoms with Crippen molar-refractivity contribution in [3.05, 3.63) is 58.6 Å². The number of halogens is 1.